The second-order valence-corrected chi connectivity index (χ2v) is 5.57. The molecule has 0 unspecified atom stereocenters. The Hall–Kier alpha value is -2.00. The summed E-state index contributed by atoms with van der Waals surface area (Å²) in [5, 5.41) is 12.0. The summed E-state index contributed by atoms with van der Waals surface area (Å²) in [5.74, 6) is -1.34. The fourth-order valence-corrected chi connectivity index (χ4v) is 2.81. The largest absolute Gasteiger partial charge is 0.481 e. The molecule has 3 rings (SSSR count). The molecule has 3 nitrogen and oxygen atoms in total. The van der Waals surface area contributed by atoms with Crippen LogP contribution < -0.4 is 0 Å². The van der Waals surface area contributed by atoms with E-state index in [9.17, 15) is 4.79 Å². The second kappa shape index (κ2) is 4.53. The van der Waals surface area contributed by atoms with Crippen molar-refractivity contribution >= 4 is 39.4 Å². The van der Waals surface area contributed by atoms with Crippen molar-refractivity contribution in [2.75, 3.05) is 0 Å². The van der Waals surface area contributed by atoms with Crippen LogP contribution in [0.1, 0.15) is 24.0 Å². The molecule has 20 heavy (non-hydrogen) atoms. The maximum Gasteiger partial charge on any atom is 0.310 e. The van der Waals surface area contributed by atoms with Gasteiger partial charge in [0.25, 0.3) is 0 Å². The van der Waals surface area contributed by atoms with Crippen molar-refractivity contribution in [3.63, 3.8) is 0 Å². The van der Waals surface area contributed by atoms with E-state index in [4.69, 9.17) is 16.7 Å². The van der Waals surface area contributed by atoms with E-state index in [0.29, 0.717) is 5.02 Å². The highest BCUT2D eigenvalue weighted by Crippen LogP contribution is 2.32. The minimum absolute atomic E-state index is 0.520. The van der Waals surface area contributed by atoms with E-state index < -0.39 is 11.9 Å². The first-order valence-corrected chi connectivity index (χ1v) is 6.79. The topological polar surface area (TPSA) is 53.1 Å². The summed E-state index contributed by atoms with van der Waals surface area (Å²) in [4.78, 5) is 14.5. The SMILES string of the molecule is Cc1cc([C@H](C)C(=O)O)cc2[nH]c3ccc(Cl)cc3c12. The molecule has 102 valence electrons. The highest BCUT2D eigenvalue weighted by atomic mass is 35.5. The molecule has 0 aliphatic heterocycles. The number of hydrogen-bond acceptors (Lipinski definition) is 1. The maximum absolute atomic E-state index is 11.1. The number of benzene rings is 2. The third-order valence-electron chi connectivity index (χ3n) is 3.75. The van der Waals surface area contributed by atoms with Gasteiger partial charge in [0.15, 0.2) is 0 Å². The molecule has 0 spiro atoms. The number of H-pyrrole nitrogens is 1. The Morgan fingerprint density at radius 2 is 2.00 bits per heavy atom. The molecule has 0 aliphatic carbocycles. The van der Waals surface area contributed by atoms with Crippen molar-refractivity contribution in [3.8, 4) is 0 Å². The average Bonchev–Trinajstić information content (AvgIpc) is 2.75. The summed E-state index contributed by atoms with van der Waals surface area (Å²) >= 11 is 6.06. The number of aromatic amines is 1. The number of aromatic nitrogens is 1. The third-order valence-corrected chi connectivity index (χ3v) is 3.98. The molecule has 1 heterocycles. The van der Waals surface area contributed by atoms with E-state index in [1.54, 1.807) is 6.92 Å². The predicted molar refractivity (Wildman–Crippen MR) is 81.6 cm³/mol. The first-order chi connectivity index (χ1) is 9.47. The Morgan fingerprint density at radius 3 is 2.70 bits per heavy atom. The van der Waals surface area contributed by atoms with Crippen LogP contribution in [0.2, 0.25) is 5.02 Å². The van der Waals surface area contributed by atoms with Crippen molar-refractivity contribution in [1.82, 2.24) is 4.98 Å². The standard InChI is InChI=1S/C16H14ClNO2/c1-8-5-10(9(2)16(19)20)6-14-15(8)12-7-11(17)3-4-13(12)18-14/h3-7,9,18H,1-2H3,(H,19,20)/t9-/m0/s1. The lowest BCUT2D eigenvalue weighted by molar-refractivity contribution is -0.138. The first kappa shape index (κ1) is 13.0. The Bertz CT molecular complexity index is 835. The average molecular weight is 288 g/mol. The molecule has 0 saturated heterocycles. The maximum atomic E-state index is 11.1. The first-order valence-electron chi connectivity index (χ1n) is 6.41. The van der Waals surface area contributed by atoms with Crippen molar-refractivity contribution in [1.29, 1.82) is 0 Å². The minimum atomic E-state index is -0.817. The number of halogens is 1. The van der Waals surface area contributed by atoms with Crippen molar-refractivity contribution in [3.05, 3.63) is 46.5 Å². The number of aliphatic carboxylic acids is 1. The van der Waals surface area contributed by atoms with Gasteiger partial charge >= 0.3 is 5.97 Å². The molecule has 4 heteroatoms. The van der Waals surface area contributed by atoms with Crippen LogP contribution in [0.4, 0.5) is 0 Å². The number of aryl methyl sites for hydroxylation is 1. The summed E-state index contributed by atoms with van der Waals surface area (Å²) in [6.07, 6.45) is 0. The molecule has 1 aromatic heterocycles. The van der Waals surface area contributed by atoms with Crippen LogP contribution in [0.25, 0.3) is 21.8 Å². The van der Waals surface area contributed by atoms with Crippen molar-refractivity contribution in [2.24, 2.45) is 0 Å². The van der Waals surface area contributed by atoms with Crippen LogP contribution in [0.5, 0.6) is 0 Å². The lowest BCUT2D eigenvalue weighted by atomic mass is 9.96. The van der Waals surface area contributed by atoms with Gasteiger partial charge in [-0.15, -0.1) is 0 Å². The number of fused-ring (bicyclic) bond motifs is 3. The quantitative estimate of drug-likeness (QED) is 0.730. The lowest BCUT2D eigenvalue weighted by Crippen LogP contribution is -2.07. The summed E-state index contributed by atoms with van der Waals surface area (Å²) in [6.45, 7) is 3.69. The van der Waals surface area contributed by atoms with Gasteiger partial charge < -0.3 is 10.1 Å². The normalized spacial score (nSPS) is 12.9. The third kappa shape index (κ3) is 1.95. The van der Waals surface area contributed by atoms with Crippen molar-refractivity contribution < 1.29 is 9.90 Å². The number of carboxylic acids is 1. The fraction of sp³-hybridized carbons (Fsp3) is 0.188. The van der Waals surface area contributed by atoms with Crippen molar-refractivity contribution in [2.45, 2.75) is 19.8 Å². The number of carbonyl (C=O) groups is 1. The smallest absolute Gasteiger partial charge is 0.310 e. The molecule has 0 saturated carbocycles. The summed E-state index contributed by atoms with van der Waals surface area (Å²) in [5.41, 5.74) is 3.82. The van der Waals surface area contributed by atoms with E-state index in [2.05, 4.69) is 4.98 Å². The molecule has 0 bridgehead atoms. The molecule has 0 radical (unpaired) electrons. The summed E-state index contributed by atoms with van der Waals surface area (Å²) in [6, 6.07) is 9.57. The molecular weight excluding hydrogens is 274 g/mol. The molecule has 3 aromatic rings. The minimum Gasteiger partial charge on any atom is -0.481 e. The number of rotatable bonds is 2. The Kier molecular flexibility index (Phi) is 2.94. The van der Waals surface area contributed by atoms with Gasteiger partial charge in [0, 0.05) is 26.8 Å². The van der Waals surface area contributed by atoms with E-state index >= 15 is 0 Å². The Balaban J connectivity index is 2.33. The van der Waals surface area contributed by atoms with Gasteiger partial charge in [-0.05, 0) is 49.2 Å². The molecular formula is C16H14ClNO2. The highest BCUT2D eigenvalue weighted by Gasteiger charge is 2.16. The number of nitrogens with one attached hydrogen (secondary N) is 1. The van der Waals surface area contributed by atoms with Gasteiger partial charge in [0.2, 0.25) is 0 Å². The number of carboxylic acid groups (broad SMARTS) is 1. The van der Waals surface area contributed by atoms with Crippen LogP contribution in [0.15, 0.2) is 30.3 Å². The van der Waals surface area contributed by atoms with Crippen LogP contribution in [0.3, 0.4) is 0 Å². The van der Waals surface area contributed by atoms with Crippen LogP contribution >= 0.6 is 11.6 Å². The number of hydrogen-bond donors (Lipinski definition) is 2. The van der Waals surface area contributed by atoms with E-state index in [1.807, 2.05) is 37.3 Å². The zero-order valence-corrected chi connectivity index (χ0v) is 12.0. The second-order valence-electron chi connectivity index (χ2n) is 5.14. The predicted octanol–water partition coefficient (Wildman–Crippen LogP) is 4.47. The van der Waals surface area contributed by atoms with Crippen LogP contribution in [0, 0.1) is 6.92 Å². The lowest BCUT2D eigenvalue weighted by Gasteiger charge is -2.08. The highest BCUT2D eigenvalue weighted by molar-refractivity contribution is 6.31. The fourth-order valence-electron chi connectivity index (χ4n) is 2.64. The van der Waals surface area contributed by atoms with Gasteiger partial charge in [-0.3, -0.25) is 4.79 Å². The van der Waals surface area contributed by atoms with Gasteiger partial charge in [-0.1, -0.05) is 17.7 Å². The van der Waals surface area contributed by atoms with Crippen LogP contribution in [-0.2, 0) is 4.79 Å². The van der Waals surface area contributed by atoms with Gasteiger partial charge in [0.1, 0.15) is 0 Å². The zero-order chi connectivity index (χ0) is 14.4. The Labute approximate surface area is 121 Å². The molecule has 2 N–H and O–H groups in total. The van der Waals surface area contributed by atoms with Crippen LogP contribution in [-0.4, -0.2) is 16.1 Å². The van der Waals surface area contributed by atoms with Gasteiger partial charge in [-0.2, -0.15) is 0 Å². The monoisotopic (exact) mass is 287 g/mol. The molecule has 0 aliphatic rings. The van der Waals surface area contributed by atoms with Gasteiger partial charge in [-0.25, -0.2) is 0 Å². The van der Waals surface area contributed by atoms with Gasteiger partial charge in [0.05, 0.1) is 5.92 Å². The molecule has 2 aromatic carbocycles. The molecule has 0 fully saturated rings. The van der Waals surface area contributed by atoms with E-state index in [1.165, 1.54) is 0 Å². The summed E-state index contributed by atoms with van der Waals surface area (Å²) < 4.78 is 0. The van der Waals surface area contributed by atoms with E-state index in [-0.39, 0.29) is 0 Å². The molecule has 0 amide bonds. The van der Waals surface area contributed by atoms with E-state index in [0.717, 1.165) is 32.9 Å². The summed E-state index contributed by atoms with van der Waals surface area (Å²) in [7, 11) is 0. The zero-order valence-electron chi connectivity index (χ0n) is 11.2. The Morgan fingerprint density at radius 1 is 1.25 bits per heavy atom. The molecule has 1 atom stereocenters.